The summed E-state index contributed by atoms with van der Waals surface area (Å²) in [7, 11) is 0. The van der Waals surface area contributed by atoms with Crippen molar-refractivity contribution in [3.8, 4) is 0 Å². The number of rotatable bonds is 6. The largest absolute Gasteiger partial charge is 0.447 e. The normalized spacial score (nSPS) is 16.8. The highest BCUT2D eigenvalue weighted by atomic mass is 79.9. The third-order valence-corrected chi connectivity index (χ3v) is 6.23. The standard InChI is InChI=1S/C20H21BrN4O2S/c1-12(2)16-11-27-20(26)25(16)18-17-15(8-10-28-17)23-19(24-18)22-9-7-13-3-5-14(21)6-4-13/h3-6,8,10,12,16H,7,9,11H2,1-2H3,(H,22,23,24)/t16-/m1/s1. The monoisotopic (exact) mass is 460 g/mol. The molecule has 146 valence electrons. The van der Waals surface area contributed by atoms with Crippen LogP contribution in [0.25, 0.3) is 10.2 Å². The second-order valence-electron chi connectivity index (χ2n) is 7.07. The molecule has 1 aliphatic heterocycles. The molecular formula is C20H21BrN4O2S. The summed E-state index contributed by atoms with van der Waals surface area (Å²) in [5.74, 6) is 1.43. The number of hydrogen-bond donors (Lipinski definition) is 1. The van der Waals surface area contributed by atoms with Gasteiger partial charge in [0, 0.05) is 11.0 Å². The van der Waals surface area contributed by atoms with E-state index in [4.69, 9.17) is 4.74 Å². The lowest BCUT2D eigenvalue weighted by Gasteiger charge is -2.24. The Kier molecular flexibility index (Phi) is 5.50. The van der Waals surface area contributed by atoms with Gasteiger partial charge in [-0.3, -0.25) is 4.90 Å². The Morgan fingerprint density at radius 3 is 2.82 bits per heavy atom. The highest BCUT2D eigenvalue weighted by Crippen LogP contribution is 2.34. The lowest BCUT2D eigenvalue weighted by Crippen LogP contribution is -2.38. The maximum Gasteiger partial charge on any atom is 0.415 e. The summed E-state index contributed by atoms with van der Waals surface area (Å²) in [5.41, 5.74) is 2.07. The first-order chi connectivity index (χ1) is 13.5. The molecule has 1 atom stereocenters. The highest BCUT2D eigenvalue weighted by molar-refractivity contribution is 9.10. The Labute approximate surface area is 176 Å². The van der Waals surface area contributed by atoms with E-state index in [-0.39, 0.29) is 18.1 Å². The molecule has 1 saturated heterocycles. The Morgan fingerprint density at radius 2 is 2.07 bits per heavy atom. The number of amides is 1. The van der Waals surface area contributed by atoms with Crippen molar-refractivity contribution in [3.05, 3.63) is 45.7 Å². The van der Waals surface area contributed by atoms with E-state index in [0.29, 0.717) is 24.9 Å². The number of ether oxygens (including phenoxy) is 1. The van der Waals surface area contributed by atoms with E-state index < -0.39 is 0 Å². The molecule has 0 saturated carbocycles. The smallest absolute Gasteiger partial charge is 0.415 e. The summed E-state index contributed by atoms with van der Waals surface area (Å²) >= 11 is 4.99. The molecule has 4 rings (SSSR count). The van der Waals surface area contributed by atoms with Gasteiger partial charge in [0.05, 0.1) is 16.3 Å². The molecule has 1 aromatic carbocycles. The molecular weight excluding hydrogens is 440 g/mol. The number of carbonyl (C=O) groups excluding carboxylic acids is 1. The predicted molar refractivity (Wildman–Crippen MR) is 116 cm³/mol. The van der Waals surface area contributed by atoms with Gasteiger partial charge in [-0.05, 0) is 41.5 Å². The predicted octanol–water partition coefficient (Wildman–Crippen LogP) is 5.09. The van der Waals surface area contributed by atoms with E-state index in [1.54, 1.807) is 16.2 Å². The fraction of sp³-hybridized carbons (Fsp3) is 0.350. The topological polar surface area (TPSA) is 67.3 Å². The average molecular weight is 461 g/mol. The van der Waals surface area contributed by atoms with E-state index in [9.17, 15) is 4.79 Å². The molecule has 0 radical (unpaired) electrons. The van der Waals surface area contributed by atoms with Crippen LogP contribution >= 0.6 is 27.3 Å². The molecule has 1 fully saturated rings. The van der Waals surface area contributed by atoms with E-state index in [0.717, 1.165) is 21.1 Å². The number of carbonyl (C=O) groups is 1. The molecule has 1 aliphatic rings. The van der Waals surface area contributed by atoms with Gasteiger partial charge in [0.25, 0.3) is 0 Å². The second kappa shape index (κ2) is 8.05. The Morgan fingerprint density at radius 1 is 1.29 bits per heavy atom. The van der Waals surface area contributed by atoms with Crippen LogP contribution in [0.4, 0.5) is 16.6 Å². The number of halogens is 1. The molecule has 0 aliphatic carbocycles. The molecule has 8 heteroatoms. The summed E-state index contributed by atoms with van der Waals surface area (Å²) in [6, 6.07) is 10.2. The van der Waals surface area contributed by atoms with Crippen molar-refractivity contribution in [2.24, 2.45) is 5.92 Å². The van der Waals surface area contributed by atoms with Crippen molar-refractivity contribution in [2.45, 2.75) is 26.3 Å². The molecule has 28 heavy (non-hydrogen) atoms. The van der Waals surface area contributed by atoms with Crippen molar-refractivity contribution in [3.63, 3.8) is 0 Å². The van der Waals surface area contributed by atoms with Crippen LogP contribution in [0, 0.1) is 5.92 Å². The van der Waals surface area contributed by atoms with Crippen molar-refractivity contribution in [1.82, 2.24) is 9.97 Å². The van der Waals surface area contributed by atoms with Crippen LogP contribution < -0.4 is 10.2 Å². The fourth-order valence-electron chi connectivity index (χ4n) is 3.23. The number of fused-ring (bicyclic) bond motifs is 1. The van der Waals surface area contributed by atoms with Crippen molar-refractivity contribution >= 4 is 55.3 Å². The molecule has 0 bridgehead atoms. The van der Waals surface area contributed by atoms with Gasteiger partial charge in [-0.2, -0.15) is 4.98 Å². The highest BCUT2D eigenvalue weighted by Gasteiger charge is 2.38. The summed E-state index contributed by atoms with van der Waals surface area (Å²) in [4.78, 5) is 23.4. The number of benzene rings is 1. The van der Waals surface area contributed by atoms with E-state index in [1.165, 1.54) is 5.56 Å². The van der Waals surface area contributed by atoms with Gasteiger partial charge in [-0.15, -0.1) is 11.3 Å². The molecule has 6 nitrogen and oxygen atoms in total. The van der Waals surface area contributed by atoms with Gasteiger partial charge < -0.3 is 10.1 Å². The Bertz CT molecular complexity index is 990. The molecule has 1 N–H and O–H groups in total. The number of cyclic esters (lactones) is 1. The zero-order valence-corrected chi connectivity index (χ0v) is 18.1. The molecule has 3 aromatic rings. The summed E-state index contributed by atoms with van der Waals surface area (Å²) in [6.07, 6.45) is 0.515. The van der Waals surface area contributed by atoms with Crippen molar-refractivity contribution in [2.75, 3.05) is 23.4 Å². The molecule has 0 unspecified atom stereocenters. The van der Waals surface area contributed by atoms with E-state index >= 15 is 0 Å². The Balaban J connectivity index is 1.58. The van der Waals surface area contributed by atoms with Crippen LogP contribution in [-0.2, 0) is 11.2 Å². The van der Waals surface area contributed by atoms with Crippen LogP contribution in [0.5, 0.6) is 0 Å². The third-order valence-electron chi connectivity index (χ3n) is 4.80. The third kappa shape index (κ3) is 3.84. The second-order valence-corrected chi connectivity index (χ2v) is 8.90. The first-order valence-corrected chi connectivity index (χ1v) is 10.9. The van der Waals surface area contributed by atoms with Crippen LogP contribution in [0.3, 0.4) is 0 Å². The maximum absolute atomic E-state index is 12.4. The van der Waals surface area contributed by atoms with E-state index in [1.807, 2.05) is 23.6 Å². The number of nitrogens with one attached hydrogen (secondary N) is 1. The quantitative estimate of drug-likeness (QED) is 0.554. The van der Waals surface area contributed by atoms with Gasteiger partial charge >= 0.3 is 6.09 Å². The van der Waals surface area contributed by atoms with Crippen LogP contribution in [0.1, 0.15) is 19.4 Å². The van der Waals surface area contributed by atoms with Crippen LogP contribution in [-0.4, -0.2) is 35.3 Å². The lowest BCUT2D eigenvalue weighted by atomic mass is 10.0. The number of thiophene rings is 1. The lowest BCUT2D eigenvalue weighted by molar-refractivity contribution is 0.177. The van der Waals surface area contributed by atoms with Gasteiger partial charge in [0.15, 0.2) is 5.82 Å². The maximum atomic E-state index is 12.4. The van der Waals surface area contributed by atoms with Gasteiger partial charge in [0.1, 0.15) is 6.61 Å². The van der Waals surface area contributed by atoms with Crippen molar-refractivity contribution in [1.29, 1.82) is 0 Å². The minimum atomic E-state index is -0.340. The fourth-order valence-corrected chi connectivity index (χ4v) is 4.31. The van der Waals surface area contributed by atoms with E-state index in [2.05, 4.69) is 57.2 Å². The molecule has 3 heterocycles. The molecule has 0 spiro atoms. The first kappa shape index (κ1) is 19.1. The first-order valence-electron chi connectivity index (χ1n) is 9.22. The van der Waals surface area contributed by atoms with Crippen molar-refractivity contribution < 1.29 is 9.53 Å². The number of nitrogens with zero attached hydrogens (tertiary/aromatic N) is 3. The zero-order valence-electron chi connectivity index (χ0n) is 15.7. The number of aromatic nitrogens is 2. The summed E-state index contributed by atoms with van der Waals surface area (Å²) in [6.45, 7) is 5.27. The summed E-state index contributed by atoms with van der Waals surface area (Å²) < 4.78 is 7.29. The van der Waals surface area contributed by atoms with Crippen LogP contribution in [0.2, 0.25) is 0 Å². The average Bonchev–Trinajstić information content (AvgIpc) is 3.29. The van der Waals surface area contributed by atoms with Gasteiger partial charge in [0.2, 0.25) is 5.95 Å². The van der Waals surface area contributed by atoms with Gasteiger partial charge in [-0.25, -0.2) is 9.78 Å². The van der Waals surface area contributed by atoms with Crippen LogP contribution in [0.15, 0.2) is 40.2 Å². The summed E-state index contributed by atoms with van der Waals surface area (Å²) in [5, 5.41) is 5.28. The zero-order chi connectivity index (χ0) is 19.7. The SMILES string of the molecule is CC(C)[C@H]1COC(=O)N1c1nc(NCCc2ccc(Br)cc2)nc2ccsc12. The number of anilines is 2. The van der Waals surface area contributed by atoms with Gasteiger partial charge in [-0.1, -0.05) is 41.9 Å². The molecule has 1 amide bonds. The Hall–Kier alpha value is -2.19. The molecule has 2 aromatic heterocycles. The minimum absolute atomic E-state index is 0.0247. The number of hydrogen-bond acceptors (Lipinski definition) is 6. The minimum Gasteiger partial charge on any atom is -0.447 e.